The number of amides is 1. The summed E-state index contributed by atoms with van der Waals surface area (Å²) in [5, 5.41) is 22.0. The second-order valence-electron chi connectivity index (χ2n) is 6.04. The number of carbonyl (C=O) groups excluding carboxylic acids is 1. The van der Waals surface area contributed by atoms with Crippen molar-refractivity contribution in [1.29, 1.82) is 0 Å². The maximum atomic E-state index is 12.3. The average Bonchev–Trinajstić information content (AvgIpc) is 2.41. The normalized spacial score (nSPS) is 25.3. The lowest BCUT2D eigenvalue weighted by Gasteiger charge is -2.36. The molecule has 0 unspecified atom stereocenters. The van der Waals surface area contributed by atoms with Crippen LogP contribution in [0.4, 0.5) is 0 Å². The summed E-state index contributed by atoms with van der Waals surface area (Å²) < 4.78 is 0. The molecule has 1 aliphatic rings. The Bertz CT molecular complexity index is 559. The highest BCUT2D eigenvalue weighted by Crippen LogP contribution is 2.33. The van der Waals surface area contributed by atoms with Crippen LogP contribution in [0.2, 0.25) is 0 Å². The van der Waals surface area contributed by atoms with E-state index in [1.165, 1.54) is 12.1 Å². The molecule has 1 saturated carbocycles. The van der Waals surface area contributed by atoms with Crippen molar-refractivity contribution in [2.45, 2.75) is 45.1 Å². The smallest absolute Gasteiger partial charge is 0.329 e. The summed E-state index contributed by atoms with van der Waals surface area (Å²) in [5.74, 6) is -1.20. The summed E-state index contributed by atoms with van der Waals surface area (Å²) in [6.45, 7) is 3.89. The first-order chi connectivity index (χ1) is 9.84. The van der Waals surface area contributed by atoms with Crippen molar-refractivity contribution in [2.24, 2.45) is 5.92 Å². The Kier molecular flexibility index (Phi) is 4.21. The number of phenolic OH excluding ortho intramolecular Hbond substituents is 1. The topological polar surface area (TPSA) is 86.6 Å². The molecule has 0 aliphatic heterocycles. The Labute approximate surface area is 124 Å². The second-order valence-corrected chi connectivity index (χ2v) is 6.04. The number of hydrogen-bond donors (Lipinski definition) is 3. The van der Waals surface area contributed by atoms with Crippen molar-refractivity contribution in [1.82, 2.24) is 5.32 Å². The molecule has 2 rings (SSSR count). The van der Waals surface area contributed by atoms with Gasteiger partial charge in [-0.25, -0.2) is 4.79 Å². The van der Waals surface area contributed by atoms with Crippen molar-refractivity contribution in [2.75, 3.05) is 0 Å². The second kappa shape index (κ2) is 5.76. The third-order valence-electron chi connectivity index (χ3n) is 4.29. The van der Waals surface area contributed by atoms with E-state index >= 15 is 0 Å². The van der Waals surface area contributed by atoms with Gasteiger partial charge in [-0.2, -0.15) is 0 Å². The molecular formula is C16H21NO4. The van der Waals surface area contributed by atoms with Gasteiger partial charge in [0, 0.05) is 0 Å². The minimum atomic E-state index is -1.22. The van der Waals surface area contributed by atoms with E-state index < -0.39 is 17.4 Å². The fourth-order valence-electron chi connectivity index (χ4n) is 2.77. The van der Waals surface area contributed by atoms with Gasteiger partial charge in [0.2, 0.25) is 0 Å². The number of phenols is 1. The molecule has 1 fully saturated rings. The molecule has 1 amide bonds. The number of aryl methyl sites for hydroxylation is 1. The predicted molar refractivity (Wildman–Crippen MR) is 78.3 cm³/mol. The molecule has 0 saturated heterocycles. The molecule has 0 heterocycles. The molecule has 5 heteroatoms. The minimum absolute atomic E-state index is 0.111. The number of carbonyl (C=O) groups is 2. The van der Waals surface area contributed by atoms with E-state index in [0.717, 1.165) is 18.4 Å². The highest BCUT2D eigenvalue weighted by molar-refractivity contribution is 6.00. The summed E-state index contributed by atoms with van der Waals surface area (Å²) in [6.07, 6.45) is 2.38. The first-order valence-electron chi connectivity index (χ1n) is 7.19. The molecule has 5 nitrogen and oxygen atoms in total. The van der Waals surface area contributed by atoms with Crippen molar-refractivity contribution in [3.63, 3.8) is 0 Å². The zero-order chi connectivity index (χ0) is 15.6. The van der Waals surface area contributed by atoms with E-state index in [0.29, 0.717) is 18.8 Å². The van der Waals surface area contributed by atoms with Crippen LogP contribution in [0.5, 0.6) is 5.75 Å². The zero-order valence-electron chi connectivity index (χ0n) is 12.3. The van der Waals surface area contributed by atoms with Crippen LogP contribution in [-0.4, -0.2) is 27.6 Å². The summed E-state index contributed by atoms with van der Waals surface area (Å²) in [7, 11) is 0. The molecule has 0 aromatic heterocycles. The lowest BCUT2D eigenvalue weighted by Crippen LogP contribution is -2.56. The van der Waals surface area contributed by atoms with Gasteiger partial charge in [0.05, 0.1) is 5.56 Å². The highest BCUT2D eigenvalue weighted by atomic mass is 16.4. The first kappa shape index (κ1) is 15.4. The monoisotopic (exact) mass is 291 g/mol. The van der Waals surface area contributed by atoms with Crippen LogP contribution < -0.4 is 5.32 Å². The maximum absolute atomic E-state index is 12.3. The summed E-state index contributed by atoms with van der Waals surface area (Å²) in [6, 6.07) is 4.72. The molecule has 1 aromatic rings. The largest absolute Gasteiger partial charge is 0.507 e. The Balaban J connectivity index is 2.21. The van der Waals surface area contributed by atoms with E-state index in [1.807, 2.05) is 6.92 Å². The molecule has 0 bridgehead atoms. The van der Waals surface area contributed by atoms with E-state index in [2.05, 4.69) is 12.2 Å². The number of benzene rings is 1. The quantitative estimate of drug-likeness (QED) is 0.798. The zero-order valence-corrected chi connectivity index (χ0v) is 12.3. The van der Waals surface area contributed by atoms with Gasteiger partial charge in [0.15, 0.2) is 0 Å². The molecule has 114 valence electrons. The summed E-state index contributed by atoms with van der Waals surface area (Å²) in [4.78, 5) is 23.9. The molecule has 0 radical (unpaired) electrons. The van der Waals surface area contributed by atoms with Crippen molar-refractivity contribution in [3.05, 3.63) is 29.3 Å². The van der Waals surface area contributed by atoms with Crippen molar-refractivity contribution in [3.8, 4) is 5.75 Å². The predicted octanol–water partition coefficient (Wildman–Crippen LogP) is 2.46. The maximum Gasteiger partial charge on any atom is 0.329 e. The molecule has 21 heavy (non-hydrogen) atoms. The van der Waals surface area contributed by atoms with Gasteiger partial charge in [-0.3, -0.25) is 4.79 Å². The molecule has 1 aromatic carbocycles. The molecule has 0 spiro atoms. The summed E-state index contributed by atoms with van der Waals surface area (Å²) >= 11 is 0. The van der Waals surface area contributed by atoms with Crippen LogP contribution in [0, 0.1) is 12.8 Å². The third kappa shape index (κ3) is 3.17. The number of carboxylic acid groups (broad SMARTS) is 1. The van der Waals surface area contributed by atoms with Gasteiger partial charge in [-0.15, -0.1) is 0 Å². The minimum Gasteiger partial charge on any atom is -0.507 e. The lowest BCUT2D eigenvalue weighted by atomic mass is 9.77. The van der Waals surface area contributed by atoms with E-state index in [1.54, 1.807) is 6.07 Å². The highest BCUT2D eigenvalue weighted by Gasteiger charge is 2.42. The van der Waals surface area contributed by atoms with Gasteiger partial charge in [0.1, 0.15) is 11.3 Å². The van der Waals surface area contributed by atoms with Crippen LogP contribution >= 0.6 is 0 Å². The number of rotatable bonds is 3. The fourth-order valence-corrected chi connectivity index (χ4v) is 2.77. The molecular weight excluding hydrogens is 270 g/mol. The standard InChI is InChI=1S/C16H21NO4/c1-10-5-7-16(8-6-10,15(20)21)17-14(19)12-4-3-11(2)9-13(12)18/h3-4,9-10,18H,5-8H2,1-2H3,(H,17,19)(H,20,21). The van der Waals surface area contributed by atoms with Gasteiger partial charge >= 0.3 is 5.97 Å². The van der Waals surface area contributed by atoms with Crippen LogP contribution in [0.25, 0.3) is 0 Å². The number of nitrogens with one attached hydrogen (secondary N) is 1. The fraction of sp³-hybridized carbons (Fsp3) is 0.500. The Morgan fingerprint density at radius 2 is 1.90 bits per heavy atom. The molecule has 3 N–H and O–H groups in total. The third-order valence-corrected chi connectivity index (χ3v) is 4.29. The van der Waals surface area contributed by atoms with E-state index in [9.17, 15) is 19.8 Å². The van der Waals surface area contributed by atoms with Crippen LogP contribution in [0.1, 0.15) is 48.5 Å². The number of hydrogen-bond acceptors (Lipinski definition) is 3. The van der Waals surface area contributed by atoms with Crippen LogP contribution in [-0.2, 0) is 4.79 Å². The Hall–Kier alpha value is -2.04. The number of carboxylic acids is 1. The van der Waals surface area contributed by atoms with Gasteiger partial charge in [0.25, 0.3) is 5.91 Å². The molecule has 1 aliphatic carbocycles. The van der Waals surface area contributed by atoms with Crippen LogP contribution in [0.3, 0.4) is 0 Å². The van der Waals surface area contributed by atoms with Gasteiger partial charge in [-0.05, 0) is 56.2 Å². The number of aromatic hydroxyl groups is 1. The van der Waals surface area contributed by atoms with E-state index in [4.69, 9.17) is 0 Å². The first-order valence-corrected chi connectivity index (χ1v) is 7.19. The number of aliphatic carboxylic acids is 1. The van der Waals surface area contributed by atoms with Crippen molar-refractivity contribution < 1.29 is 19.8 Å². The summed E-state index contributed by atoms with van der Waals surface area (Å²) in [5.41, 5.74) is -0.274. The Morgan fingerprint density at radius 3 is 2.43 bits per heavy atom. The van der Waals surface area contributed by atoms with Crippen molar-refractivity contribution >= 4 is 11.9 Å². The Morgan fingerprint density at radius 1 is 1.29 bits per heavy atom. The lowest BCUT2D eigenvalue weighted by molar-refractivity contribution is -0.146. The van der Waals surface area contributed by atoms with Crippen LogP contribution in [0.15, 0.2) is 18.2 Å². The van der Waals surface area contributed by atoms with E-state index in [-0.39, 0.29) is 11.3 Å². The average molecular weight is 291 g/mol. The van der Waals surface area contributed by atoms with Gasteiger partial charge in [-0.1, -0.05) is 13.0 Å². The SMILES string of the molecule is Cc1ccc(C(=O)NC2(C(=O)O)CCC(C)CC2)c(O)c1. The van der Waals surface area contributed by atoms with Gasteiger partial charge < -0.3 is 15.5 Å². The molecule has 0 atom stereocenters.